The van der Waals surface area contributed by atoms with Crippen LogP contribution in [0, 0.1) is 11.3 Å². The zero-order valence-corrected chi connectivity index (χ0v) is 6.17. The van der Waals surface area contributed by atoms with Gasteiger partial charge in [-0.25, -0.2) is 4.98 Å². The Morgan fingerprint density at radius 2 is 2.45 bits per heavy atom. The first-order valence-corrected chi connectivity index (χ1v) is 3.16. The van der Waals surface area contributed by atoms with Gasteiger partial charge < -0.3 is 0 Å². The van der Waals surface area contributed by atoms with E-state index in [4.69, 9.17) is 16.9 Å². The Labute approximate surface area is 68.2 Å². The lowest BCUT2D eigenvalue weighted by Gasteiger charge is -1.92. The van der Waals surface area contributed by atoms with Crippen LogP contribution in [0.1, 0.15) is 16.1 Å². The minimum absolute atomic E-state index is 0.209. The smallest absolute Gasteiger partial charge is 0.153 e. The number of rotatable bonds is 1. The summed E-state index contributed by atoms with van der Waals surface area (Å²) in [4.78, 5) is 13.9. The number of pyridine rings is 1. The van der Waals surface area contributed by atoms with Crippen molar-refractivity contribution in [3.05, 3.63) is 28.5 Å². The van der Waals surface area contributed by atoms with Crippen LogP contribution in [0.5, 0.6) is 0 Å². The molecule has 0 aromatic carbocycles. The predicted octanol–water partition coefficient (Wildman–Crippen LogP) is 1.42. The van der Waals surface area contributed by atoms with Gasteiger partial charge in [0.15, 0.2) is 6.29 Å². The van der Waals surface area contributed by atoms with Crippen molar-refractivity contribution in [2.24, 2.45) is 0 Å². The van der Waals surface area contributed by atoms with Crippen LogP contribution in [0.2, 0.25) is 5.02 Å². The average Bonchev–Trinajstić information content (AvgIpc) is 2.04. The SMILES string of the molecule is N#Cc1cc(Cl)c(C=O)cn1. The van der Waals surface area contributed by atoms with Crippen molar-refractivity contribution in [3.8, 4) is 6.07 Å². The second kappa shape index (κ2) is 3.13. The van der Waals surface area contributed by atoms with E-state index >= 15 is 0 Å². The van der Waals surface area contributed by atoms with Gasteiger partial charge in [0.05, 0.1) is 10.6 Å². The van der Waals surface area contributed by atoms with Gasteiger partial charge in [0.25, 0.3) is 0 Å². The molecule has 0 bridgehead atoms. The highest BCUT2D eigenvalue weighted by molar-refractivity contribution is 6.32. The van der Waals surface area contributed by atoms with E-state index in [1.807, 2.05) is 6.07 Å². The van der Waals surface area contributed by atoms with E-state index in [-0.39, 0.29) is 10.7 Å². The van der Waals surface area contributed by atoms with Crippen LogP contribution >= 0.6 is 11.6 Å². The van der Waals surface area contributed by atoms with Crippen LogP contribution in [-0.4, -0.2) is 11.3 Å². The van der Waals surface area contributed by atoms with Crippen molar-refractivity contribution in [3.63, 3.8) is 0 Å². The lowest BCUT2D eigenvalue weighted by atomic mass is 10.3. The predicted molar refractivity (Wildman–Crippen MR) is 39.3 cm³/mol. The topological polar surface area (TPSA) is 53.8 Å². The zero-order chi connectivity index (χ0) is 8.27. The standard InChI is InChI=1S/C7H3ClN2O/c8-7-1-6(2-9)10-3-5(7)4-11/h1,3-4H. The Balaban J connectivity index is 3.22. The highest BCUT2D eigenvalue weighted by Gasteiger charge is 2.00. The first-order chi connectivity index (χ1) is 5.27. The maximum absolute atomic E-state index is 10.2. The van der Waals surface area contributed by atoms with E-state index in [2.05, 4.69) is 4.98 Å². The quantitative estimate of drug-likeness (QED) is 0.593. The van der Waals surface area contributed by atoms with Crippen molar-refractivity contribution in [1.29, 1.82) is 5.26 Å². The van der Waals surface area contributed by atoms with Gasteiger partial charge in [-0.2, -0.15) is 5.26 Å². The molecule has 0 fully saturated rings. The van der Waals surface area contributed by atoms with Gasteiger partial charge >= 0.3 is 0 Å². The highest BCUT2D eigenvalue weighted by atomic mass is 35.5. The summed E-state index contributed by atoms with van der Waals surface area (Å²) >= 11 is 5.59. The number of aldehydes is 1. The van der Waals surface area contributed by atoms with Gasteiger partial charge in [-0.15, -0.1) is 0 Å². The summed E-state index contributed by atoms with van der Waals surface area (Å²) in [6, 6.07) is 3.16. The molecule has 0 saturated carbocycles. The number of aromatic nitrogens is 1. The largest absolute Gasteiger partial charge is 0.298 e. The van der Waals surface area contributed by atoms with Crippen LogP contribution in [0.4, 0.5) is 0 Å². The molecule has 1 rings (SSSR count). The van der Waals surface area contributed by atoms with Gasteiger partial charge in [-0.1, -0.05) is 11.6 Å². The maximum Gasteiger partial charge on any atom is 0.153 e. The molecule has 0 aliphatic rings. The zero-order valence-electron chi connectivity index (χ0n) is 5.41. The second-order valence-electron chi connectivity index (χ2n) is 1.82. The van der Waals surface area contributed by atoms with Crippen molar-refractivity contribution in [1.82, 2.24) is 4.98 Å². The van der Waals surface area contributed by atoms with Gasteiger partial charge in [-0.05, 0) is 6.07 Å². The van der Waals surface area contributed by atoms with Crippen LogP contribution < -0.4 is 0 Å². The number of nitriles is 1. The molecule has 0 aliphatic heterocycles. The molecule has 1 aromatic rings. The summed E-state index contributed by atoms with van der Waals surface area (Å²) in [7, 11) is 0. The molecule has 0 atom stereocenters. The van der Waals surface area contributed by atoms with Crippen molar-refractivity contribution in [2.75, 3.05) is 0 Å². The molecular formula is C7H3ClN2O. The van der Waals surface area contributed by atoms with Gasteiger partial charge in [0, 0.05) is 6.20 Å². The van der Waals surface area contributed by atoms with E-state index in [1.54, 1.807) is 0 Å². The molecule has 4 heteroatoms. The Bertz CT molecular complexity index is 330. The minimum atomic E-state index is 0.209. The van der Waals surface area contributed by atoms with E-state index < -0.39 is 0 Å². The number of hydrogen-bond acceptors (Lipinski definition) is 3. The summed E-state index contributed by atoms with van der Waals surface area (Å²) < 4.78 is 0. The Hall–Kier alpha value is -1.40. The number of hydrogen-bond donors (Lipinski definition) is 0. The van der Waals surface area contributed by atoms with Crippen molar-refractivity contribution >= 4 is 17.9 Å². The average molecular weight is 167 g/mol. The molecule has 0 radical (unpaired) electrons. The third kappa shape index (κ3) is 1.54. The summed E-state index contributed by atoms with van der Waals surface area (Å²) in [5.41, 5.74) is 0.506. The normalized spacial score (nSPS) is 8.73. The fraction of sp³-hybridized carbons (Fsp3) is 0. The monoisotopic (exact) mass is 166 g/mol. The molecule has 54 valence electrons. The highest BCUT2D eigenvalue weighted by Crippen LogP contribution is 2.12. The molecule has 0 N–H and O–H groups in total. The van der Waals surface area contributed by atoms with Crippen LogP contribution in [0.15, 0.2) is 12.3 Å². The summed E-state index contributed by atoms with van der Waals surface area (Å²) in [5, 5.41) is 8.62. The fourth-order valence-electron chi connectivity index (χ4n) is 0.589. The Morgan fingerprint density at radius 3 is 2.91 bits per heavy atom. The molecule has 11 heavy (non-hydrogen) atoms. The van der Waals surface area contributed by atoms with Crippen molar-refractivity contribution in [2.45, 2.75) is 0 Å². The third-order valence-electron chi connectivity index (χ3n) is 1.12. The molecule has 0 amide bonds. The minimum Gasteiger partial charge on any atom is -0.298 e. The van der Waals surface area contributed by atoms with Gasteiger partial charge in [0.2, 0.25) is 0 Å². The number of carbonyl (C=O) groups excluding carboxylic acids is 1. The summed E-state index contributed by atoms with van der Waals surface area (Å²) in [6.45, 7) is 0. The van der Waals surface area contributed by atoms with Crippen LogP contribution in [-0.2, 0) is 0 Å². The first-order valence-electron chi connectivity index (χ1n) is 2.78. The van der Waals surface area contributed by atoms with E-state index in [0.717, 1.165) is 0 Å². The molecule has 1 heterocycles. The first kappa shape index (κ1) is 7.70. The fourth-order valence-corrected chi connectivity index (χ4v) is 0.786. The molecule has 0 saturated heterocycles. The molecule has 0 aliphatic carbocycles. The van der Waals surface area contributed by atoms with Gasteiger partial charge in [-0.3, -0.25) is 4.79 Å². The second-order valence-corrected chi connectivity index (χ2v) is 2.23. The molecule has 3 nitrogen and oxygen atoms in total. The Morgan fingerprint density at radius 1 is 1.73 bits per heavy atom. The van der Waals surface area contributed by atoms with Crippen molar-refractivity contribution < 1.29 is 4.79 Å². The summed E-state index contributed by atoms with van der Waals surface area (Å²) in [6.07, 6.45) is 1.87. The number of nitrogens with zero attached hydrogens (tertiary/aromatic N) is 2. The van der Waals surface area contributed by atoms with Gasteiger partial charge in [0.1, 0.15) is 11.8 Å². The molecule has 1 aromatic heterocycles. The third-order valence-corrected chi connectivity index (χ3v) is 1.45. The van der Waals surface area contributed by atoms with Crippen LogP contribution in [0.25, 0.3) is 0 Å². The van der Waals surface area contributed by atoms with E-state index in [0.29, 0.717) is 11.8 Å². The maximum atomic E-state index is 10.2. The van der Waals surface area contributed by atoms with Crippen LogP contribution in [0.3, 0.4) is 0 Å². The number of halogens is 1. The molecule has 0 unspecified atom stereocenters. The lowest BCUT2D eigenvalue weighted by Crippen LogP contribution is -1.87. The lowest BCUT2D eigenvalue weighted by molar-refractivity contribution is 0.112. The Kier molecular flexibility index (Phi) is 2.19. The van der Waals surface area contributed by atoms with E-state index in [9.17, 15) is 4.79 Å². The molecule has 0 spiro atoms. The molecular weight excluding hydrogens is 164 g/mol. The number of carbonyl (C=O) groups is 1. The summed E-state index contributed by atoms with van der Waals surface area (Å²) in [5.74, 6) is 0. The van der Waals surface area contributed by atoms with E-state index in [1.165, 1.54) is 12.3 Å².